The minimum Gasteiger partial charge on any atom is -0.303 e. The monoisotopic (exact) mass is 224 g/mol. The Labute approximate surface area is 85.9 Å². The summed E-state index contributed by atoms with van der Waals surface area (Å²) in [7, 11) is -4.29. The molecule has 0 saturated heterocycles. The smallest absolute Gasteiger partial charge is 0.303 e. The van der Waals surface area contributed by atoms with E-state index in [9.17, 15) is 4.57 Å². The van der Waals surface area contributed by atoms with E-state index in [4.69, 9.17) is 9.79 Å². The molecular formula is C9H21O4P. The Morgan fingerprint density at radius 1 is 1.36 bits per heavy atom. The normalized spacial score (nSPS) is 14.7. The van der Waals surface area contributed by atoms with Gasteiger partial charge in [0.05, 0.1) is 6.61 Å². The predicted molar refractivity (Wildman–Crippen MR) is 55.8 cm³/mol. The molecule has 0 aliphatic rings. The summed E-state index contributed by atoms with van der Waals surface area (Å²) in [5.74, 6) is 0.791. The van der Waals surface area contributed by atoms with Crippen molar-refractivity contribution in [2.24, 2.45) is 11.8 Å². The Morgan fingerprint density at radius 2 is 1.93 bits per heavy atom. The lowest BCUT2D eigenvalue weighted by molar-refractivity contribution is 0.154. The molecule has 0 heterocycles. The zero-order chi connectivity index (χ0) is 11.2. The van der Waals surface area contributed by atoms with Gasteiger partial charge in [-0.15, -0.1) is 0 Å². The van der Waals surface area contributed by atoms with Gasteiger partial charge in [0.25, 0.3) is 0 Å². The first-order chi connectivity index (χ1) is 6.35. The van der Waals surface area contributed by atoms with Crippen molar-refractivity contribution in [1.29, 1.82) is 0 Å². The van der Waals surface area contributed by atoms with Crippen molar-refractivity contribution in [2.45, 2.75) is 40.0 Å². The van der Waals surface area contributed by atoms with Crippen LogP contribution in [-0.2, 0) is 9.09 Å². The van der Waals surface area contributed by atoms with E-state index in [1.54, 1.807) is 0 Å². The van der Waals surface area contributed by atoms with Gasteiger partial charge in [-0.3, -0.25) is 4.52 Å². The molecule has 0 aromatic rings. The van der Waals surface area contributed by atoms with E-state index in [1.807, 2.05) is 0 Å². The molecule has 14 heavy (non-hydrogen) atoms. The molecule has 0 aromatic carbocycles. The third-order valence-electron chi connectivity index (χ3n) is 1.98. The Morgan fingerprint density at radius 3 is 2.29 bits per heavy atom. The summed E-state index contributed by atoms with van der Waals surface area (Å²) in [6, 6.07) is 0. The molecule has 0 aliphatic heterocycles. The molecule has 5 heteroatoms. The van der Waals surface area contributed by atoms with Crippen LogP contribution in [0.15, 0.2) is 0 Å². The number of hydrogen-bond donors (Lipinski definition) is 2. The van der Waals surface area contributed by atoms with E-state index >= 15 is 0 Å². The fourth-order valence-corrected chi connectivity index (χ4v) is 1.95. The highest BCUT2D eigenvalue weighted by Gasteiger charge is 2.18. The quantitative estimate of drug-likeness (QED) is 0.652. The molecule has 0 rings (SSSR count). The second-order valence-electron chi connectivity index (χ2n) is 4.07. The maximum absolute atomic E-state index is 10.5. The molecule has 0 saturated carbocycles. The zero-order valence-electron chi connectivity index (χ0n) is 9.14. The Kier molecular flexibility index (Phi) is 6.62. The molecular weight excluding hydrogens is 203 g/mol. The number of hydrogen-bond acceptors (Lipinski definition) is 2. The summed E-state index contributed by atoms with van der Waals surface area (Å²) < 4.78 is 15.0. The minimum absolute atomic E-state index is 0.163. The van der Waals surface area contributed by atoms with Gasteiger partial charge in [0.15, 0.2) is 0 Å². The molecule has 2 N–H and O–H groups in total. The van der Waals surface area contributed by atoms with Gasteiger partial charge in [-0.25, -0.2) is 4.57 Å². The van der Waals surface area contributed by atoms with E-state index in [0.29, 0.717) is 5.92 Å². The van der Waals surface area contributed by atoms with Crippen molar-refractivity contribution in [3.63, 3.8) is 0 Å². The second kappa shape index (κ2) is 6.57. The van der Waals surface area contributed by atoms with Gasteiger partial charge < -0.3 is 9.79 Å². The first-order valence-corrected chi connectivity index (χ1v) is 6.58. The van der Waals surface area contributed by atoms with Gasteiger partial charge in [0, 0.05) is 0 Å². The van der Waals surface area contributed by atoms with Crippen molar-refractivity contribution < 1.29 is 18.9 Å². The van der Waals surface area contributed by atoms with Crippen LogP contribution in [0.2, 0.25) is 0 Å². The SMILES string of the molecule is CCCC(COP(=O)(O)O)CC(C)C. The van der Waals surface area contributed by atoms with Crippen molar-refractivity contribution in [2.75, 3.05) is 6.61 Å². The molecule has 0 spiro atoms. The van der Waals surface area contributed by atoms with Gasteiger partial charge in [0.1, 0.15) is 0 Å². The standard InChI is InChI=1S/C9H21O4P/c1-4-5-9(6-8(2)3)7-13-14(10,11)12/h8-9H,4-7H2,1-3H3,(H2,10,11,12). The lowest BCUT2D eigenvalue weighted by Gasteiger charge is -2.18. The van der Waals surface area contributed by atoms with Crippen LogP contribution in [-0.4, -0.2) is 16.4 Å². The molecule has 1 unspecified atom stereocenters. The van der Waals surface area contributed by atoms with Crippen molar-refractivity contribution in [3.8, 4) is 0 Å². The van der Waals surface area contributed by atoms with Crippen molar-refractivity contribution in [1.82, 2.24) is 0 Å². The summed E-state index contributed by atoms with van der Waals surface area (Å²) >= 11 is 0. The van der Waals surface area contributed by atoms with Crippen LogP contribution in [0.3, 0.4) is 0 Å². The van der Waals surface area contributed by atoms with Crippen LogP contribution in [0.25, 0.3) is 0 Å². The lowest BCUT2D eigenvalue weighted by Crippen LogP contribution is -2.11. The number of phosphoric ester groups is 1. The summed E-state index contributed by atoms with van der Waals surface area (Å²) in [4.78, 5) is 17.1. The maximum atomic E-state index is 10.5. The summed E-state index contributed by atoms with van der Waals surface area (Å²) in [6.07, 6.45) is 2.92. The van der Waals surface area contributed by atoms with Crippen LogP contribution < -0.4 is 0 Å². The third-order valence-corrected chi connectivity index (χ3v) is 2.47. The van der Waals surface area contributed by atoms with Crippen LogP contribution in [0, 0.1) is 11.8 Å². The Hall–Kier alpha value is 0.110. The molecule has 0 radical (unpaired) electrons. The van der Waals surface area contributed by atoms with E-state index in [1.165, 1.54) is 0 Å². The zero-order valence-corrected chi connectivity index (χ0v) is 10.0. The first-order valence-electron chi connectivity index (χ1n) is 5.05. The average Bonchev–Trinajstić information content (AvgIpc) is 1.98. The fraction of sp³-hybridized carbons (Fsp3) is 1.00. The van der Waals surface area contributed by atoms with Gasteiger partial charge >= 0.3 is 7.82 Å². The van der Waals surface area contributed by atoms with Crippen molar-refractivity contribution in [3.05, 3.63) is 0 Å². The Bertz CT molecular complexity index is 187. The van der Waals surface area contributed by atoms with E-state index < -0.39 is 7.82 Å². The summed E-state index contributed by atoms with van der Waals surface area (Å²) in [5, 5.41) is 0. The Balaban J connectivity index is 3.90. The highest BCUT2D eigenvalue weighted by Crippen LogP contribution is 2.37. The van der Waals surface area contributed by atoms with Crippen LogP contribution in [0.4, 0.5) is 0 Å². The number of rotatable bonds is 7. The fourth-order valence-electron chi connectivity index (χ4n) is 1.55. The highest BCUT2D eigenvalue weighted by atomic mass is 31.2. The van der Waals surface area contributed by atoms with Gasteiger partial charge in [-0.1, -0.05) is 27.2 Å². The second-order valence-corrected chi connectivity index (χ2v) is 5.31. The summed E-state index contributed by atoms with van der Waals surface area (Å²) in [6.45, 7) is 6.42. The highest BCUT2D eigenvalue weighted by molar-refractivity contribution is 7.46. The van der Waals surface area contributed by atoms with Crippen molar-refractivity contribution >= 4 is 7.82 Å². The first kappa shape index (κ1) is 14.1. The van der Waals surface area contributed by atoms with Crippen LogP contribution in [0.1, 0.15) is 40.0 Å². The molecule has 4 nitrogen and oxygen atoms in total. The van der Waals surface area contributed by atoms with E-state index in [-0.39, 0.29) is 12.5 Å². The molecule has 1 atom stereocenters. The number of phosphoric acid groups is 1. The van der Waals surface area contributed by atoms with Crippen LogP contribution >= 0.6 is 7.82 Å². The molecule has 0 aliphatic carbocycles. The molecule has 0 amide bonds. The largest absolute Gasteiger partial charge is 0.469 e. The third kappa shape index (κ3) is 8.70. The topological polar surface area (TPSA) is 66.8 Å². The van der Waals surface area contributed by atoms with Gasteiger partial charge in [-0.2, -0.15) is 0 Å². The molecule has 0 bridgehead atoms. The van der Waals surface area contributed by atoms with Crippen LogP contribution in [0.5, 0.6) is 0 Å². The minimum atomic E-state index is -4.29. The molecule has 86 valence electrons. The van der Waals surface area contributed by atoms with E-state index in [0.717, 1.165) is 19.3 Å². The lowest BCUT2D eigenvalue weighted by atomic mass is 9.94. The molecule has 0 aromatic heterocycles. The average molecular weight is 224 g/mol. The summed E-state index contributed by atoms with van der Waals surface area (Å²) in [5.41, 5.74) is 0. The predicted octanol–water partition coefficient (Wildman–Crippen LogP) is 2.56. The van der Waals surface area contributed by atoms with Gasteiger partial charge in [-0.05, 0) is 24.7 Å². The maximum Gasteiger partial charge on any atom is 0.469 e. The molecule has 0 fully saturated rings. The van der Waals surface area contributed by atoms with E-state index in [2.05, 4.69) is 25.3 Å². The van der Waals surface area contributed by atoms with Gasteiger partial charge in [0.2, 0.25) is 0 Å².